The van der Waals surface area contributed by atoms with Gasteiger partial charge in [0.05, 0.1) is 6.61 Å². The van der Waals surface area contributed by atoms with Crippen molar-refractivity contribution in [1.29, 1.82) is 0 Å². The van der Waals surface area contributed by atoms with E-state index in [-0.39, 0.29) is 13.0 Å². The van der Waals surface area contributed by atoms with E-state index < -0.39 is 22.9 Å². The first-order valence-electron chi connectivity index (χ1n) is 4.20. The fraction of sp³-hybridized carbons (Fsp3) is 0.857. The van der Waals surface area contributed by atoms with Gasteiger partial charge >= 0.3 is 6.16 Å². The van der Waals surface area contributed by atoms with E-state index in [1.54, 1.807) is 0 Å². The van der Waals surface area contributed by atoms with Crippen molar-refractivity contribution in [2.45, 2.75) is 31.9 Å². The van der Waals surface area contributed by atoms with Gasteiger partial charge in [-0.05, 0) is 13.8 Å². The lowest BCUT2D eigenvalue weighted by Crippen LogP contribution is -2.18. The number of carbonyl (C=O) groups is 1. The minimum absolute atomic E-state index is 0.0303. The first-order chi connectivity index (χ1) is 6.91. The second-order valence-electron chi connectivity index (χ2n) is 2.69. The summed E-state index contributed by atoms with van der Waals surface area (Å²) in [5, 5.41) is 8.99. The van der Waals surface area contributed by atoms with Crippen LogP contribution in [-0.2, 0) is 14.3 Å². The van der Waals surface area contributed by atoms with Gasteiger partial charge in [0.25, 0.3) is 5.09 Å². The molecule has 88 valence electrons. The van der Waals surface area contributed by atoms with Crippen molar-refractivity contribution in [3.8, 4) is 0 Å². The molecule has 0 aromatic heterocycles. The average Bonchev–Trinajstić information content (AvgIpc) is 2.00. The van der Waals surface area contributed by atoms with Gasteiger partial charge in [0, 0.05) is 6.42 Å². The fourth-order valence-corrected chi connectivity index (χ4v) is 0.747. The highest BCUT2D eigenvalue weighted by Gasteiger charge is 2.10. The van der Waals surface area contributed by atoms with Crippen molar-refractivity contribution in [3.05, 3.63) is 10.1 Å². The predicted octanol–water partition coefficient (Wildman–Crippen LogP) is 1.71. The standard InChI is InChI=1S/C7H12ClNO6/c1-5(15-9(11)12)3-4-13-7(10)14-6(2)8/h5-6H,3-4H2,1-2H3/t5-,6?/m0/s1. The second kappa shape index (κ2) is 7.10. The molecule has 0 aliphatic heterocycles. The van der Waals surface area contributed by atoms with Gasteiger partial charge < -0.3 is 14.3 Å². The summed E-state index contributed by atoms with van der Waals surface area (Å²) in [5.74, 6) is 0. The van der Waals surface area contributed by atoms with Gasteiger partial charge in [-0.3, -0.25) is 0 Å². The molecule has 2 atom stereocenters. The maximum absolute atomic E-state index is 10.8. The van der Waals surface area contributed by atoms with Crippen LogP contribution in [0, 0.1) is 10.1 Å². The first kappa shape index (κ1) is 13.8. The largest absolute Gasteiger partial charge is 0.509 e. The molecule has 0 amide bonds. The molecule has 0 fully saturated rings. The van der Waals surface area contributed by atoms with Crippen LogP contribution in [0.2, 0.25) is 0 Å². The van der Waals surface area contributed by atoms with E-state index in [1.807, 2.05) is 0 Å². The number of nitrogens with zero attached hydrogens (tertiary/aromatic N) is 1. The number of hydrogen-bond donors (Lipinski definition) is 0. The van der Waals surface area contributed by atoms with Crippen LogP contribution in [-0.4, -0.2) is 29.5 Å². The lowest BCUT2D eigenvalue weighted by atomic mass is 10.3. The van der Waals surface area contributed by atoms with Crippen LogP contribution < -0.4 is 0 Å². The maximum Gasteiger partial charge on any atom is 0.509 e. The van der Waals surface area contributed by atoms with Crippen molar-refractivity contribution < 1.29 is 24.2 Å². The van der Waals surface area contributed by atoms with Gasteiger partial charge in [0.15, 0.2) is 5.56 Å². The summed E-state index contributed by atoms with van der Waals surface area (Å²) < 4.78 is 9.00. The average molecular weight is 242 g/mol. The summed E-state index contributed by atoms with van der Waals surface area (Å²) in [4.78, 5) is 24.8. The van der Waals surface area contributed by atoms with E-state index in [1.165, 1.54) is 13.8 Å². The molecule has 1 unspecified atom stereocenters. The molecular formula is C7H12ClNO6. The fourth-order valence-electron chi connectivity index (χ4n) is 0.674. The Kier molecular flexibility index (Phi) is 6.52. The summed E-state index contributed by atoms with van der Waals surface area (Å²) in [6.45, 7) is 2.92. The van der Waals surface area contributed by atoms with Crippen molar-refractivity contribution >= 4 is 17.8 Å². The van der Waals surface area contributed by atoms with Crippen LogP contribution in [0.4, 0.5) is 4.79 Å². The quantitative estimate of drug-likeness (QED) is 0.304. The van der Waals surface area contributed by atoms with E-state index in [9.17, 15) is 14.9 Å². The third-order valence-electron chi connectivity index (χ3n) is 1.27. The smallest absolute Gasteiger partial charge is 0.434 e. The van der Waals surface area contributed by atoms with Crippen LogP contribution >= 0.6 is 11.6 Å². The van der Waals surface area contributed by atoms with E-state index >= 15 is 0 Å². The Balaban J connectivity index is 3.52. The molecule has 0 radical (unpaired) electrons. The summed E-state index contributed by atoms with van der Waals surface area (Å²) in [5.41, 5.74) is -0.773. The molecule has 7 nitrogen and oxygen atoms in total. The number of ether oxygens (including phenoxy) is 2. The molecule has 0 aromatic carbocycles. The Morgan fingerprint density at radius 3 is 2.60 bits per heavy atom. The Labute approximate surface area is 91.3 Å². The Morgan fingerprint density at radius 2 is 2.13 bits per heavy atom. The highest BCUT2D eigenvalue weighted by atomic mass is 35.5. The highest BCUT2D eigenvalue weighted by molar-refractivity contribution is 6.19. The van der Waals surface area contributed by atoms with Crippen LogP contribution in [0.1, 0.15) is 20.3 Å². The lowest BCUT2D eigenvalue weighted by molar-refractivity contribution is -0.767. The number of rotatable bonds is 6. The van der Waals surface area contributed by atoms with Crippen LogP contribution in [0.25, 0.3) is 0 Å². The zero-order chi connectivity index (χ0) is 11.8. The van der Waals surface area contributed by atoms with Gasteiger partial charge in [0.1, 0.15) is 6.10 Å². The molecule has 0 bridgehead atoms. The van der Waals surface area contributed by atoms with E-state index in [0.29, 0.717) is 0 Å². The Hall–Kier alpha value is -1.24. The number of alkyl halides is 1. The lowest BCUT2D eigenvalue weighted by Gasteiger charge is -2.10. The molecule has 15 heavy (non-hydrogen) atoms. The second-order valence-corrected chi connectivity index (χ2v) is 3.30. The maximum atomic E-state index is 10.8. The molecule has 0 spiro atoms. The molecule has 0 N–H and O–H groups in total. The molecule has 0 heterocycles. The van der Waals surface area contributed by atoms with E-state index in [4.69, 9.17) is 11.6 Å². The van der Waals surface area contributed by atoms with Gasteiger partial charge in [-0.25, -0.2) is 4.79 Å². The topological polar surface area (TPSA) is 87.9 Å². The van der Waals surface area contributed by atoms with Crippen molar-refractivity contribution in [2.24, 2.45) is 0 Å². The van der Waals surface area contributed by atoms with Crippen molar-refractivity contribution in [2.75, 3.05) is 6.61 Å². The third-order valence-corrected chi connectivity index (χ3v) is 1.36. The normalized spacial score (nSPS) is 13.8. The zero-order valence-electron chi connectivity index (χ0n) is 8.34. The monoisotopic (exact) mass is 241 g/mol. The van der Waals surface area contributed by atoms with E-state index in [0.717, 1.165) is 0 Å². The van der Waals surface area contributed by atoms with E-state index in [2.05, 4.69) is 14.3 Å². The summed E-state index contributed by atoms with van der Waals surface area (Å²) in [7, 11) is 0. The molecule has 0 saturated carbocycles. The first-order valence-corrected chi connectivity index (χ1v) is 4.64. The molecule has 8 heteroatoms. The molecule has 0 aromatic rings. The van der Waals surface area contributed by atoms with Crippen molar-refractivity contribution in [1.82, 2.24) is 0 Å². The van der Waals surface area contributed by atoms with Crippen LogP contribution in [0.15, 0.2) is 0 Å². The summed E-state index contributed by atoms with van der Waals surface area (Å²) >= 11 is 5.35. The van der Waals surface area contributed by atoms with Gasteiger partial charge in [-0.2, -0.15) is 0 Å². The zero-order valence-corrected chi connectivity index (χ0v) is 9.10. The molecular weight excluding hydrogens is 230 g/mol. The highest BCUT2D eigenvalue weighted by Crippen LogP contribution is 2.01. The van der Waals surface area contributed by atoms with Crippen molar-refractivity contribution in [3.63, 3.8) is 0 Å². The predicted molar refractivity (Wildman–Crippen MR) is 49.9 cm³/mol. The Bertz CT molecular complexity index is 222. The third kappa shape index (κ3) is 9.07. The number of halogens is 1. The number of carbonyl (C=O) groups excluding carboxylic acids is 1. The van der Waals surface area contributed by atoms with Gasteiger partial charge in [-0.15, -0.1) is 10.1 Å². The Morgan fingerprint density at radius 1 is 1.53 bits per heavy atom. The van der Waals surface area contributed by atoms with Crippen LogP contribution in [0.3, 0.4) is 0 Å². The molecule has 0 rings (SSSR count). The minimum Gasteiger partial charge on any atom is -0.434 e. The summed E-state index contributed by atoms with van der Waals surface area (Å²) in [6, 6.07) is 0. The number of hydrogen-bond acceptors (Lipinski definition) is 6. The summed E-state index contributed by atoms with van der Waals surface area (Å²) in [6.07, 6.45) is -1.35. The molecule has 0 saturated heterocycles. The minimum atomic E-state index is -0.911. The van der Waals surface area contributed by atoms with Gasteiger partial charge in [-0.1, -0.05) is 11.6 Å². The molecule has 0 aliphatic rings. The van der Waals surface area contributed by atoms with Crippen LogP contribution in [0.5, 0.6) is 0 Å². The van der Waals surface area contributed by atoms with Gasteiger partial charge in [0.2, 0.25) is 0 Å². The molecule has 0 aliphatic carbocycles. The SMILES string of the molecule is CC(Cl)OC(=O)OCC[C@H](C)O[N+](=O)[O-].